The Morgan fingerprint density at radius 1 is 1.27 bits per heavy atom. The molecule has 26 heavy (non-hydrogen) atoms. The minimum Gasteiger partial charge on any atom is -0.485 e. The van der Waals surface area contributed by atoms with Gasteiger partial charge in [0.05, 0.1) is 0 Å². The number of nitrogens with zero attached hydrogens (tertiary/aromatic N) is 2. The highest BCUT2D eigenvalue weighted by Crippen LogP contribution is 2.38. The fourth-order valence-corrected chi connectivity index (χ4v) is 2.97. The van der Waals surface area contributed by atoms with Gasteiger partial charge in [0.25, 0.3) is 0 Å². The van der Waals surface area contributed by atoms with E-state index in [1.807, 2.05) is 24.3 Å². The van der Waals surface area contributed by atoms with Crippen LogP contribution in [0, 0.1) is 0 Å². The van der Waals surface area contributed by atoms with Crippen LogP contribution in [0.1, 0.15) is 49.7 Å². The van der Waals surface area contributed by atoms with Gasteiger partial charge in [-0.3, -0.25) is 4.79 Å². The molecular formula is C18H23ClN4O3. The van der Waals surface area contributed by atoms with Crippen LogP contribution in [0.2, 0.25) is 0 Å². The van der Waals surface area contributed by atoms with Crippen molar-refractivity contribution in [3.05, 3.63) is 36.0 Å². The number of nitrogens with one attached hydrogen (secondary N) is 2. The number of benzene rings is 1. The summed E-state index contributed by atoms with van der Waals surface area (Å²) in [7, 11) is 0. The molecule has 7 nitrogen and oxygen atoms in total. The maximum absolute atomic E-state index is 12.0. The second-order valence-corrected chi connectivity index (χ2v) is 6.68. The molecule has 1 aliphatic carbocycles. The van der Waals surface area contributed by atoms with Crippen LogP contribution in [0.3, 0.4) is 0 Å². The third kappa shape index (κ3) is 4.95. The SMILES string of the molecule is Cl.O=C(CC1CCCN1)Nc1ccc(OCc2noc(C3CC3)n2)cc1. The molecule has 1 unspecified atom stereocenters. The lowest BCUT2D eigenvalue weighted by Crippen LogP contribution is -2.27. The van der Waals surface area contributed by atoms with Crippen molar-refractivity contribution in [2.24, 2.45) is 0 Å². The first-order valence-corrected chi connectivity index (χ1v) is 8.85. The van der Waals surface area contributed by atoms with Crippen LogP contribution in [-0.4, -0.2) is 28.6 Å². The van der Waals surface area contributed by atoms with Gasteiger partial charge in [0.15, 0.2) is 6.61 Å². The van der Waals surface area contributed by atoms with E-state index in [1.54, 1.807) is 0 Å². The van der Waals surface area contributed by atoms with Crippen LogP contribution in [0.5, 0.6) is 5.75 Å². The quantitative estimate of drug-likeness (QED) is 0.769. The number of ether oxygens (including phenoxy) is 1. The summed E-state index contributed by atoms with van der Waals surface area (Å²) in [6.45, 7) is 1.28. The summed E-state index contributed by atoms with van der Waals surface area (Å²) in [5.41, 5.74) is 0.769. The van der Waals surface area contributed by atoms with E-state index in [1.165, 1.54) is 0 Å². The van der Waals surface area contributed by atoms with Gasteiger partial charge in [0, 0.05) is 24.1 Å². The van der Waals surface area contributed by atoms with Crippen LogP contribution in [0.4, 0.5) is 5.69 Å². The van der Waals surface area contributed by atoms with Crippen molar-refractivity contribution < 1.29 is 14.1 Å². The Hall–Kier alpha value is -2.12. The molecule has 4 rings (SSSR count). The molecule has 1 aromatic heterocycles. The van der Waals surface area contributed by atoms with Crippen molar-refractivity contribution in [1.82, 2.24) is 15.5 Å². The molecule has 2 aromatic rings. The van der Waals surface area contributed by atoms with Gasteiger partial charge >= 0.3 is 0 Å². The van der Waals surface area contributed by atoms with E-state index in [2.05, 4.69) is 20.8 Å². The number of halogens is 1. The molecule has 140 valence electrons. The van der Waals surface area contributed by atoms with Crippen LogP contribution in [0.15, 0.2) is 28.8 Å². The van der Waals surface area contributed by atoms with E-state index in [9.17, 15) is 4.79 Å². The molecule has 1 amide bonds. The van der Waals surface area contributed by atoms with Crippen LogP contribution in [-0.2, 0) is 11.4 Å². The molecular weight excluding hydrogens is 356 g/mol. The molecule has 1 atom stereocenters. The largest absolute Gasteiger partial charge is 0.485 e. The van der Waals surface area contributed by atoms with Gasteiger partial charge in [-0.15, -0.1) is 12.4 Å². The van der Waals surface area contributed by atoms with Gasteiger partial charge in [0.2, 0.25) is 17.6 Å². The van der Waals surface area contributed by atoms with E-state index in [0.29, 0.717) is 35.8 Å². The molecule has 1 saturated carbocycles. The predicted octanol–water partition coefficient (Wildman–Crippen LogP) is 3.03. The van der Waals surface area contributed by atoms with Crippen LogP contribution in [0.25, 0.3) is 0 Å². The highest BCUT2D eigenvalue weighted by atomic mass is 35.5. The molecule has 0 spiro atoms. The van der Waals surface area contributed by atoms with E-state index in [-0.39, 0.29) is 24.9 Å². The number of rotatable bonds is 7. The average molecular weight is 379 g/mol. The summed E-state index contributed by atoms with van der Waals surface area (Å²) < 4.78 is 10.9. The second kappa shape index (κ2) is 8.51. The van der Waals surface area contributed by atoms with Gasteiger partial charge in [-0.2, -0.15) is 4.98 Å². The molecule has 0 radical (unpaired) electrons. The number of amides is 1. The summed E-state index contributed by atoms with van der Waals surface area (Å²) in [5, 5.41) is 10.2. The van der Waals surface area contributed by atoms with Crippen LogP contribution >= 0.6 is 12.4 Å². The lowest BCUT2D eigenvalue weighted by molar-refractivity contribution is -0.116. The van der Waals surface area contributed by atoms with Crippen molar-refractivity contribution in [3.63, 3.8) is 0 Å². The first-order chi connectivity index (χ1) is 12.3. The monoisotopic (exact) mass is 378 g/mol. The Morgan fingerprint density at radius 2 is 2.08 bits per heavy atom. The fourth-order valence-electron chi connectivity index (χ4n) is 2.97. The lowest BCUT2D eigenvalue weighted by Gasteiger charge is -2.11. The molecule has 2 N–H and O–H groups in total. The Balaban J connectivity index is 0.00000196. The van der Waals surface area contributed by atoms with Gasteiger partial charge in [0.1, 0.15) is 5.75 Å². The van der Waals surface area contributed by atoms with Crippen molar-refractivity contribution in [2.45, 2.75) is 50.7 Å². The standard InChI is InChI=1S/C18H22N4O3.ClH/c23-17(10-14-2-1-9-19-14)20-13-5-7-15(8-6-13)24-11-16-21-18(25-22-16)12-3-4-12;/h5-8,12,14,19H,1-4,9-11H2,(H,20,23);1H. The Morgan fingerprint density at radius 3 is 2.77 bits per heavy atom. The molecule has 2 heterocycles. The number of anilines is 1. The maximum atomic E-state index is 12.0. The number of hydrogen-bond acceptors (Lipinski definition) is 6. The summed E-state index contributed by atoms with van der Waals surface area (Å²) >= 11 is 0. The molecule has 1 saturated heterocycles. The minimum absolute atomic E-state index is 0. The summed E-state index contributed by atoms with van der Waals surface area (Å²) in [6.07, 6.45) is 4.99. The Labute approximate surface area is 158 Å². The van der Waals surface area contributed by atoms with Crippen LogP contribution < -0.4 is 15.4 Å². The first kappa shape index (κ1) is 18.7. The number of carbonyl (C=O) groups is 1. The van der Waals surface area contributed by atoms with Gasteiger partial charge in [-0.25, -0.2) is 0 Å². The highest BCUT2D eigenvalue weighted by Gasteiger charge is 2.29. The molecule has 2 aliphatic rings. The van der Waals surface area contributed by atoms with Crippen molar-refractivity contribution in [3.8, 4) is 5.75 Å². The third-order valence-corrected chi connectivity index (χ3v) is 4.51. The Kier molecular flexibility index (Phi) is 6.11. The highest BCUT2D eigenvalue weighted by molar-refractivity contribution is 5.91. The summed E-state index contributed by atoms with van der Waals surface area (Å²) in [6, 6.07) is 7.62. The van der Waals surface area contributed by atoms with Gasteiger partial charge < -0.3 is 19.9 Å². The minimum atomic E-state index is 0. The Bertz CT molecular complexity index is 724. The van der Waals surface area contributed by atoms with E-state index in [4.69, 9.17) is 9.26 Å². The summed E-state index contributed by atoms with van der Waals surface area (Å²) in [5.74, 6) is 2.46. The van der Waals surface area contributed by atoms with Gasteiger partial charge in [-0.1, -0.05) is 5.16 Å². The van der Waals surface area contributed by atoms with E-state index >= 15 is 0 Å². The smallest absolute Gasteiger partial charge is 0.229 e. The first-order valence-electron chi connectivity index (χ1n) is 8.85. The summed E-state index contributed by atoms with van der Waals surface area (Å²) in [4.78, 5) is 16.3. The zero-order valence-electron chi connectivity index (χ0n) is 14.4. The number of hydrogen-bond donors (Lipinski definition) is 2. The molecule has 8 heteroatoms. The van der Waals surface area contributed by atoms with Crippen molar-refractivity contribution in [2.75, 3.05) is 11.9 Å². The van der Waals surface area contributed by atoms with E-state index < -0.39 is 0 Å². The number of aromatic nitrogens is 2. The molecule has 1 aromatic carbocycles. The third-order valence-electron chi connectivity index (χ3n) is 4.51. The molecule has 1 aliphatic heterocycles. The second-order valence-electron chi connectivity index (χ2n) is 6.68. The molecule has 0 bridgehead atoms. The topological polar surface area (TPSA) is 89.3 Å². The van der Waals surface area contributed by atoms with E-state index in [0.717, 1.165) is 37.9 Å². The predicted molar refractivity (Wildman–Crippen MR) is 98.6 cm³/mol. The normalized spacial score (nSPS) is 19.0. The number of carbonyl (C=O) groups excluding carboxylic acids is 1. The maximum Gasteiger partial charge on any atom is 0.229 e. The van der Waals surface area contributed by atoms with Crippen molar-refractivity contribution in [1.29, 1.82) is 0 Å². The fraction of sp³-hybridized carbons (Fsp3) is 0.500. The zero-order valence-corrected chi connectivity index (χ0v) is 15.3. The lowest BCUT2D eigenvalue weighted by atomic mass is 10.1. The van der Waals surface area contributed by atoms with Gasteiger partial charge in [-0.05, 0) is 56.5 Å². The van der Waals surface area contributed by atoms with Crippen molar-refractivity contribution >= 4 is 24.0 Å². The molecule has 2 fully saturated rings. The zero-order chi connectivity index (χ0) is 17.1. The average Bonchev–Trinajstić information content (AvgIpc) is 3.14.